The van der Waals surface area contributed by atoms with Crippen LogP contribution in [0.3, 0.4) is 0 Å². The van der Waals surface area contributed by atoms with Gasteiger partial charge < -0.3 is 5.32 Å². The Morgan fingerprint density at radius 3 is 2.77 bits per heavy atom. The first-order valence-corrected chi connectivity index (χ1v) is 11.1. The first-order valence-electron chi connectivity index (χ1n) is 10.7. The fourth-order valence-corrected chi connectivity index (χ4v) is 5.45. The van der Waals surface area contributed by atoms with Gasteiger partial charge in [-0.3, -0.25) is 14.9 Å². The molecule has 5 heterocycles. The molecule has 0 spiro atoms. The Hall–Kier alpha value is -2.63. The average molecular weight is 415 g/mol. The molecule has 0 amide bonds. The second kappa shape index (κ2) is 8.25. The zero-order chi connectivity index (χ0) is 20.5. The van der Waals surface area contributed by atoms with Crippen molar-refractivity contribution in [3.63, 3.8) is 0 Å². The first kappa shape index (κ1) is 19.3. The summed E-state index contributed by atoms with van der Waals surface area (Å²) in [5.41, 5.74) is 3.09. The smallest absolute Gasteiger partial charge is 0.125 e. The summed E-state index contributed by atoms with van der Waals surface area (Å²) in [6, 6.07) is 16.9. The molecule has 1 unspecified atom stereocenters. The molecule has 0 saturated carbocycles. The molecule has 0 radical (unpaired) electrons. The van der Waals surface area contributed by atoms with E-state index in [9.17, 15) is 0 Å². The minimum Gasteiger partial charge on any atom is -0.366 e. The molecule has 1 N–H and O–H groups in total. The molecular weight excluding hydrogens is 388 g/mol. The molecule has 2 aromatic heterocycles. The minimum atomic E-state index is 0.0842. The molecule has 0 aliphatic carbocycles. The van der Waals surface area contributed by atoms with Crippen LogP contribution in [-0.4, -0.2) is 39.0 Å². The number of rotatable bonds is 5. The van der Waals surface area contributed by atoms with Gasteiger partial charge in [-0.05, 0) is 61.1 Å². The minimum absolute atomic E-state index is 0.0842. The fourth-order valence-electron chi connectivity index (χ4n) is 5.21. The molecule has 3 saturated heterocycles. The van der Waals surface area contributed by atoms with Crippen molar-refractivity contribution in [1.82, 2.24) is 20.2 Å². The summed E-state index contributed by atoms with van der Waals surface area (Å²) in [4.78, 5) is 12.4. The summed E-state index contributed by atoms with van der Waals surface area (Å²) in [7, 11) is 0. The first-order chi connectivity index (χ1) is 14.7. The van der Waals surface area contributed by atoms with Gasteiger partial charge in [-0.15, -0.1) is 6.58 Å². The quantitative estimate of drug-likeness (QED) is 0.491. The van der Waals surface area contributed by atoms with Gasteiger partial charge in [0, 0.05) is 30.4 Å². The van der Waals surface area contributed by atoms with Crippen LogP contribution >= 0.6 is 12.2 Å². The van der Waals surface area contributed by atoms with E-state index in [4.69, 9.17) is 12.2 Å². The number of hydrogen-bond donors (Lipinski definition) is 1. The topological polar surface area (TPSA) is 41.0 Å². The number of para-hydroxylation sites is 1. The highest BCUT2D eigenvalue weighted by molar-refractivity contribution is 7.80. The fraction of sp³-hybridized carbons (Fsp3) is 0.320. The van der Waals surface area contributed by atoms with Crippen molar-refractivity contribution in [3.8, 4) is 0 Å². The van der Waals surface area contributed by atoms with Crippen molar-refractivity contribution >= 4 is 28.1 Å². The van der Waals surface area contributed by atoms with Gasteiger partial charge >= 0.3 is 0 Å². The van der Waals surface area contributed by atoms with E-state index in [0.717, 1.165) is 30.7 Å². The Kier molecular flexibility index (Phi) is 5.32. The summed E-state index contributed by atoms with van der Waals surface area (Å²) in [5, 5.41) is 4.89. The zero-order valence-corrected chi connectivity index (χ0v) is 17.8. The van der Waals surface area contributed by atoms with E-state index in [1.165, 1.54) is 17.4 Å². The van der Waals surface area contributed by atoms with Gasteiger partial charge in [0.2, 0.25) is 0 Å². The van der Waals surface area contributed by atoms with Crippen LogP contribution in [0.5, 0.6) is 0 Å². The number of thiocarbonyl (C=S) groups is 1. The van der Waals surface area contributed by atoms with Crippen molar-refractivity contribution < 1.29 is 0 Å². The van der Waals surface area contributed by atoms with Crippen molar-refractivity contribution in [2.75, 3.05) is 13.1 Å². The van der Waals surface area contributed by atoms with E-state index in [-0.39, 0.29) is 6.04 Å². The van der Waals surface area contributed by atoms with Gasteiger partial charge in [-0.1, -0.05) is 42.6 Å². The van der Waals surface area contributed by atoms with E-state index in [0.29, 0.717) is 22.9 Å². The number of piperidine rings is 3. The largest absolute Gasteiger partial charge is 0.366 e. The van der Waals surface area contributed by atoms with E-state index in [1.54, 1.807) is 6.20 Å². The Balaban J connectivity index is 1.54. The number of pyridine rings is 2. The molecule has 6 rings (SSSR count). The lowest BCUT2D eigenvalue weighted by molar-refractivity contribution is 0.00444. The Labute approximate surface area is 183 Å². The molecule has 3 fully saturated rings. The van der Waals surface area contributed by atoms with Gasteiger partial charge in [-0.2, -0.15) is 0 Å². The SMILES string of the molecule is C=C[C@H]1CN2CC[C@H]1C[C@H]2[C@@H](NC(=S)c1ccccn1)c1ccnc2ccccc12. The molecule has 152 valence electrons. The van der Waals surface area contributed by atoms with Crippen LogP contribution in [0.2, 0.25) is 0 Å². The van der Waals surface area contributed by atoms with Crippen LogP contribution in [0, 0.1) is 11.8 Å². The Morgan fingerprint density at radius 2 is 2.00 bits per heavy atom. The molecule has 30 heavy (non-hydrogen) atoms. The highest BCUT2D eigenvalue weighted by Gasteiger charge is 2.43. The summed E-state index contributed by atoms with van der Waals surface area (Å²) >= 11 is 5.80. The molecule has 3 aromatic rings. The normalized spacial score (nSPS) is 26.3. The van der Waals surface area contributed by atoms with Crippen LogP contribution < -0.4 is 5.32 Å². The lowest BCUT2D eigenvalue weighted by Gasteiger charge is -2.52. The molecule has 2 bridgehead atoms. The Morgan fingerprint density at radius 1 is 1.13 bits per heavy atom. The maximum absolute atomic E-state index is 5.80. The lowest BCUT2D eigenvalue weighted by atomic mass is 9.73. The number of nitrogens with one attached hydrogen (secondary N) is 1. The van der Waals surface area contributed by atoms with Crippen molar-refractivity contribution in [3.05, 3.63) is 84.8 Å². The average Bonchev–Trinajstić information content (AvgIpc) is 2.83. The van der Waals surface area contributed by atoms with Crippen LogP contribution in [0.25, 0.3) is 10.9 Å². The maximum Gasteiger partial charge on any atom is 0.125 e. The maximum atomic E-state index is 5.80. The predicted molar refractivity (Wildman–Crippen MR) is 125 cm³/mol. The van der Waals surface area contributed by atoms with Gasteiger partial charge in [0.25, 0.3) is 0 Å². The number of hydrogen-bond acceptors (Lipinski definition) is 4. The molecule has 1 aromatic carbocycles. The third-order valence-corrected chi connectivity index (χ3v) is 7.07. The predicted octanol–water partition coefficient (Wildman–Crippen LogP) is 4.53. The van der Waals surface area contributed by atoms with E-state index in [2.05, 4.69) is 57.1 Å². The third-order valence-electron chi connectivity index (χ3n) is 6.74. The number of fused-ring (bicyclic) bond motifs is 4. The van der Waals surface area contributed by atoms with E-state index in [1.807, 2.05) is 30.5 Å². The van der Waals surface area contributed by atoms with Gasteiger partial charge in [-0.25, -0.2) is 0 Å². The molecule has 4 nitrogen and oxygen atoms in total. The number of nitrogens with zero attached hydrogens (tertiary/aromatic N) is 3. The van der Waals surface area contributed by atoms with E-state index >= 15 is 0 Å². The summed E-state index contributed by atoms with van der Waals surface area (Å²) < 4.78 is 0. The lowest BCUT2D eigenvalue weighted by Crippen LogP contribution is -2.57. The molecule has 5 heteroatoms. The van der Waals surface area contributed by atoms with Crippen LogP contribution in [0.1, 0.15) is 30.1 Å². The van der Waals surface area contributed by atoms with Crippen LogP contribution in [-0.2, 0) is 0 Å². The molecule has 3 aliphatic heterocycles. The van der Waals surface area contributed by atoms with Crippen LogP contribution in [0.4, 0.5) is 0 Å². The van der Waals surface area contributed by atoms with Crippen molar-refractivity contribution in [1.29, 1.82) is 0 Å². The summed E-state index contributed by atoms with van der Waals surface area (Å²) in [5.74, 6) is 1.28. The van der Waals surface area contributed by atoms with Gasteiger partial charge in [0.1, 0.15) is 4.99 Å². The van der Waals surface area contributed by atoms with Gasteiger partial charge in [0.15, 0.2) is 0 Å². The summed E-state index contributed by atoms with van der Waals surface area (Å²) in [6.07, 6.45) is 8.26. The van der Waals surface area contributed by atoms with Crippen molar-refractivity contribution in [2.24, 2.45) is 11.8 Å². The standard InChI is InChI=1S/C25H26N4S/c1-2-17-16-29-14-11-18(17)15-23(29)24(28-25(30)22-9-5-6-12-26-22)20-10-13-27-21-8-4-3-7-19(20)21/h2-10,12-13,17-18,23-24H,1,11,14-16H2,(H,28,30)/t17-,18-,23-,24-/m0/s1. The highest BCUT2D eigenvalue weighted by Crippen LogP contribution is 2.42. The number of benzene rings is 1. The monoisotopic (exact) mass is 414 g/mol. The van der Waals surface area contributed by atoms with Crippen molar-refractivity contribution in [2.45, 2.75) is 24.9 Å². The second-order valence-corrected chi connectivity index (χ2v) is 8.74. The number of aromatic nitrogens is 2. The van der Waals surface area contributed by atoms with E-state index < -0.39 is 0 Å². The van der Waals surface area contributed by atoms with Gasteiger partial charge in [0.05, 0.1) is 17.3 Å². The zero-order valence-electron chi connectivity index (χ0n) is 16.9. The highest BCUT2D eigenvalue weighted by atomic mass is 32.1. The molecule has 3 aliphatic rings. The Bertz CT molecular complexity index is 1060. The second-order valence-electron chi connectivity index (χ2n) is 8.33. The molecular formula is C25H26N4S. The summed E-state index contributed by atoms with van der Waals surface area (Å²) in [6.45, 7) is 6.30. The van der Waals surface area contributed by atoms with Crippen LogP contribution in [0.15, 0.2) is 73.6 Å². The third kappa shape index (κ3) is 3.53. The molecule has 5 atom stereocenters.